The average molecular weight is 904 g/mol. The molecule has 17 nitrogen and oxygen atoms in total. The lowest BCUT2D eigenvalue weighted by molar-refractivity contribution is -0.137. The van der Waals surface area contributed by atoms with Crippen molar-refractivity contribution in [3.05, 3.63) is 83.9 Å². The number of ether oxygens (including phenoxy) is 1. The Labute approximate surface area is 383 Å². The number of carbonyl (C=O) groups is 5. The molecule has 1 unspecified atom stereocenters. The van der Waals surface area contributed by atoms with E-state index in [9.17, 15) is 24.0 Å². The van der Waals surface area contributed by atoms with E-state index in [2.05, 4.69) is 52.6 Å². The molecule has 4 aliphatic heterocycles. The molecule has 65 heavy (non-hydrogen) atoms. The third-order valence-electron chi connectivity index (χ3n) is 12.5. The van der Waals surface area contributed by atoms with Crippen LogP contribution >= 0.6 is 11.8 Å². The number of hydrogen-bond acceptors (Lipinski definition) is 14. The van der Waals surface area contributed by atoms with E-state index in [1.54, 1.807) is 24.4 Å². The topological polar surface area (TPSA) is 218 Å². The number of aromatic nitrogens is 4. The highest BCUT2D eigenvalue weighted by molar-refractivity contribution is 7.99. The SMILES string of the molecule is CC1(N)CCN(c2cnc(Sc3cccc(NC(=O)CCCCCCCOC4CCN(c5ncc(C(=O)Nc6cccc7c6CN(C6CCC(=O)NC6=O)C7=O)cn5)CC4)c3)cn2)CC1. The van der Waals surface area contributed by atoms with Gasteiger partial charge in [-0.3, -0.25) is 29.3 Å². The van der Waals surface area contributed by atoms with Crippen LogP contribution in [0.2, 0.25) is 0 Å². The summed E-state index contributed by atoms with van der Waals surface area (Å²) in [6.07, 6.45) is 16.2. The molecule has 0 spiro atoms. The molecule has 1 atom stereocenters. The van der Waals surface area contributed by atoms with Crippen molar-refractivity contribution in [1.29, 1.82) is 0 Å². The Hall–Kier alpha value is -5.98. The lowest BCUT2D eigenvalue weighted by Crippen LogP contribution is -2.52. The fourth-order valence-corrected chi connectivity index (χ4v) is 9.43. The van der Waals surface area contributed by atoms with Crippen LogP contribution < -0.4 is 31.5 Å². The molecule has 8 rings (SSSR count). The van der Waals surface area contributed by atoms with Gasteiger partial charge in [-0.2, -0.15) is 0 Å². The van der Waals surface area contributed by atoms with Crippen molar-refractivity contribution < 1.29 is 28.7 Å². The number of nitrogens with zero attached hydrogens (tertiary/aromatic N) is 7. The number of imide groups is 1. The molecule has 4 aromatic rings. The summed E-state index contributed by atoms with van der Waals surface area (Å²) in [5.74, 6) is -0.117. The summed E-state index contributed by atoms with van der Waals surface area (Å²) < 4.78 is 6.20. The van der Waals surface area contributed by atoms with Gasteiger partial charge < -0.3 is 35.8 Å². The largest absolute Gasteiger partial charge is 0.378 e. The van der Waals surface area contributed by atoms with Gasteiger partial charge in [0.05, 0.1) is 24.1 Å². The van der Waals surface area contributed by atoms with Crippen LogP contribution in [0.25, 0.3) is 0 Å². The molecule has 2 aromatic heterocycles. The summed E-state index contributed by atoms with van der Waals surface area (Å²) >= 11 is 1.52. The summed E-state index contributed by atoms with van der Waals surface area (Å²) in [6.45, 7) is 6.19. The van der Waals surface area contributed by atoms with E-state index in [1.807, 2.05) is 30.5 Å². The number of nitrogens with two attached hydrogens (primary N) is 1. The normalized spacial score (nSPS) is 18.6. The Morgan fingerprint density at radius 3 is 2.37 bits per heavy atom. The highest BCUT2D eigenvalue weighted by atomic mass is 32.2. The van der Waals surface area contributed by atoms with E-state index in [1.165, 1.54) is 29.1 Å². The first-order chi connectivity index (χ1) is 31.5. The molecule has 2 aromatic carbocycles. The van der Waals surface area contributed by atoms with Crippen LogP contribution in [0.15, 0.2) is 77.2 Å². The van der Waals surface area contributed by atoms with Crippen LogP contribution in [0.3, 0.4) is 0 Å². The number of amides is 5. The maximum Gasteiger partial charge on any atom is 0.258 e. The third-order valence-corrected chi connectivity index (χ3v) is 13.5. The van der Waals surface area contributed by atoms with Gasteiger partial charge in [-0.1, -0.05) is 43.2 Å². The van der Waals surface area contributed by atoms with Crippen molar-refractivity contribution >= 4 is 64.4 Å². The Morgan fingerprint density at radius 2 is 1.62 bits per heavy atom. The van der Waals surface area contributed by atoms with Gasteiger partial charge in [-0.05, 0) is 82.2 Å². The first-order valence-electron chi connectivity index (χ1n) is 22.7. The number of fused-ring (bicyclic) bond motifs is 1. The number of nitrogens with one attached hydrogen (secondary N) is 3. The highest BCUT2D eigenvalue weighted by Gasteiger charge is 2.40. The molecule has 0 bridgehead atoms. The zero-order valence-electron chi connectivity index (χ0n) is 36.8. The van der Waals surface area contributed by atoms with Crippen LogP contribution in [-0.4, -0.2) is 105 Å². The third kappa shape index (κ3) is 11.8. The van der Waals surface area contributed by atoms with Gasteiger partial charge in [0, 0.05) is 97.5 Å². The molecule has 0 aliphatic carbocycles. The summed E-state index contributed by atoms with van der Waals surface area (Å²) in [5, 5.41) is 9.04. The molecule has 6 heterocycles. The summed E-state index contributed by atoms with van der Waals surface area (Å²) in [5.41, 5.74) is 8.72. The molecule has 3 fully saturated rings. The number of hydrogen-bond donors (Lipinski definition) is 4. The zero-order valence-corrected chi connectivity index (χ0v) is 37.6. The van der Waals surface area contributed by atoms with Crippen molar-refractivity contribution in [2.45, 2.75) is 118 Å². The second kappa shape index (κ2) is 20.9. The number of rotatable bonds is 17. The number of anilines is 4. The molecule has 18 heteroatoms. The van der Waals surface area contributed by atoms with Crippen LogP contribution in [0.5, 0.6) is 0 Å². The van der Waals surface area contributed by atoms with E-state index in [-0.39, 0.29) is 54.3 Å². The number of piperidine rings is 3. The van der Waals surface area contributed by atoms with Gasteiger partial charge in [0.15, 0.2) is 0 Å². The maximum absolute atomic E-state index is 13.2. The summed E-state index contributed by atoms with van der Waals surface area (Å²) in [7, 11) is 0. The van der Waals surface area contributed by atoms with Gasteiger partial charge >= 0.3 is 0 Å². The van der Waals surface area contributed by atoms with E-state index >= 15 is 0 Å². The predicted molar refractivity (Wildman–Crippen MR) is 247 cm³/mol. The monoisotopic (exact) mass is 903 g/mol. The fourth-order valence-electron chi connectivity index (χ4n) is 8.64. The molecule has 4 aliphatic rings. The van der Waals surface area contributed by atoms with Crippen molar-refractivity contribution in [2.75, 3.05) is 53.2 Å². The van der Waals surface area contributed by atoms with E-state index in [0.29, 0.717) is 35.8 Å². The van der Waals surface area contributed by atoms with Crippen molar-refractivity contribution in [1.82, 2.24) is 30.2 Å². The van der Waals surface area contributed by atoms with Gasteiger partial charge in [-0.25, -0.2) is 19.9 Å². The van der Waals surface area contributed by atoms with Crippen LogP contribution in [0.4, 0.5) is 23.1 Å². The molecule has 342 valence electrons. The predicted octanol–water partition coefficient (Wildman–Crippen LogP) is 5.71. The second-order valence-corrected chi connectivity index (χ2v) is 18.7. The minimum absolute atomic E-state index is 0.0150. The van der Waals surface area contributed by atoms with Crippen LogP contribution in [0.1, 0.15) is 110 Å². The number of unbranched alkanes of at least 4 members (excludes halogenated alkanes) is 4. The quantitative estimate of drug-likeness (QED) is 0.0737. The van der Waals surface area contributed by atoms with Crippen molar-refractivity contribution in [3.8, 4) is 0 Å². The minimum Gasteiger partial charge on any atom is -0.378 e. The summed E-state index contributed by atoms with van der Waals surface area (Å²) in [6, 6.07) is 12.1. The van der Waals surface area contributed by atoms with Crippen molar-refractivity contribution in [2.24, 2.45) is 5.73 Å². The number of carbonyl (C=O) groups excluding carboxylic acids is 5. The minimum atomic E-state index is -0.743. The second-order valence-electron chi connectivity index (χ2n) is 17.6. The van der Waals surface area contributed by atoms with Crippen LogP contribution in [-0.2, 0) is 25.7 Å². The molecule has 3 saturated heterocycles. The Kier molecular flexibility index (Phi) is 14.7. The molecule has 0 saturated carbocycles. The molecular formula is C47H57N11O6S. The maximum atomic E-state index is 13.2. The fraction of sp³-hybridized carbons (Fsp3) is 0.468. The molecule has 0 radical (unpaired) electrons. The van der Waals surface area contributed by atoms with Crippen molar-refractivity contribution in [3.63, 3.8) is 0 Å². The number of benzene rings is 2. The Bertz CT molecular complexity index is 2350. The Morgan fingerprint density at radius 1 is 0.862 bits per heavy atom. The van der Waals surface area contributed by atoms with Gasteiger partial charge in [0.1, 0.15) is 16.9 Å². The Balaban J connectivity index is 0.678. The molecule has 5 N–H and O–H groups in total. The van der Waals surface area contributed by atoms with E-state index in [4.69, 9.17) is 10.5 Å². The van der Waals surface area contributed by atoms with E-state index in [0.717, 1.165) is 105 Å². The van der Waals surface area contributed by atoms with Gasteiger partial charge in [0.2, 0.25) is 23.7 Å². The highest BCUT2D eigenvalue weighted by Crippen LogP contribution is 2.33. The molecular weight excluding hydrogens is 847 g/mol. The first kappa shape index (κ1) is 45.6. The van der Waals surface area contributed by atoms with Gasteiger partial charge in [0.25, 0.3) is 11.8 Å². The van der Waals surface area contributed by atoms with Crippen LogP contribution in [0, 0.1) is 0 Å². The molecule has 5 amide bonds. The van der Waals surface area contributed by atoms with Gasteiger partial charge in [-0.15, -0.1) is 0 Å². The average Bonchev–Trinajstić information content (AvgIpc) is 3.64. The van der Waals surface area contributed by atoms with E-state index < -0.39 is 17.9 Å². The lowest BCUT2D eigenvalue weighted by Gasteiger charge is -2.37. The lowest BCUT2D eigenvalue weighted by atomic mass is 9.91. The summed E-state index contributed by atoms with van der Waals surface area (Å²) in [4.78, 5) is 88.2. The standard InChI is InChI=1S/C47H57N11O6S/c1-47(48)18-22-56(23-19-47)39-28-50-42(29-49-39)65-34-10-7-9-32(25-34)53-40(59)13-5-3-2-4-6-24-64-33-16-20-57(21-17-33)46-51-26-31(27-52-46)43(61)54-37-12-8-11-35-36(37)30-58(45(35)63)38-14-15-41(60)55-44(38)62/h7-12,25-29,33,38H,2-6,13-24,30,48H2,1H3,(H,53,59)(H,54,61)(H,55,60,62). The first-order valence-corrected chi connectivity index (χ1v) is 23.5. The smallest absolute Gasteiger partial charge is 0.258 e. The zero-order chi connectivity index (χ0) is 45.3.